The van der Waals surface area contributed by atoms with Crippen molar-refractivity contribution in [1.82, 2.24) is 9.78 Å². The number of hydrogen-bond acceptors (Lipinski definition) is 4. The molecule has 0 radical (unpaired) electrons. The van der Waals surface area contributed by atoms with Crippen LogP contribution in [0, 0.1) is 0 Å². The van der Waals surface area contributed by atoms with Gasteiger partial charge in [0.1, 0.15) is 11.4 Å². The highest BCUT2D eigenvalue weighted by Gasteiger charge is 2.12. The Bertz CT molecular complexity index is 649. The van der Waals surface area contributed by atoms with E-state index in [1.807, 2.05) is 0 Å². The maximum atomic E-state index is 11.3. The van der Waals surface area contributed by atoms with E-state index in [0.717, 1.165) is 6.07 Å². The zero-order valence-corrected chi connectivity index (χ0v) is 9.53. The minimum absolute atomic E-state index is 0.525. The highest BCUT2D eigenvalue weighted by atomic mass is 16.5. The molecule has 0 unspecified atom stereocenters. The normalized spacial score (nSPS) is 10.1. The van der Waals surface area contributed by atoms with Crippen molar-refractivity contribution in [3.63, 3.8) is 0 Å². The van der Waals surface area contributed by atoms with E-state index in [4.69, 9.17) is 9.84 Å². The molecule has 2 rings (SSSR count). The number of nitrogens with zero attached hydrogens (tertiary/aromatic N) is 2. The highest BCUT2D eigenvalue weighted by molar-refractivity contribution is 5.84. The topological polar surface area (TPSA) is 81.4 Å². The van der Waals surface area contributed by atoms with E-state index in [1.165, 1.54) is 18.0 Å². The number of carboxylic acids is 1. The molecule has 0 amide bonds. The van der Waals surface area contributed by atoms with Crippen molar-refractivity contribution >= 4 is 5.97 Å². The van der Waals surface area contributed by atoms with E-state index >= 15 is 0 Å². The highest BCUT2D eigenvalue weighted by Crippen LogP contribution is 2.20. The third-order valence-electron chi connectivity index (χ3n) is 2.34. The lowest BCUT2D eigenvalue weighted by molar-refractivity contribution is 0.0687. The number of aromatic nitrogens is 2. The van der Waals surface area contributed by atoms with Gasteiger partial charge in [0.15, 0.2) is 0 Å². The number of carbonyl (C=O) groups is 1. The van der Waals surface area contributed by atoms with Crippen LogP contribution in [-0.2, 0) is 0 Å². The van der Waals surface area contributed by atoms with Gasteiger partial charge >= 0.3 is 5.97 Å². The number of para-hydroxylation sites is 2. The summed E-state index contributed by atoms with van der Waals surface area (Å²) in [5.41, 5.74) is -0.598. The quantitative estimate of drug-likeness (QED) is 0.871. The Morgan fingerprint density at radius 3 is 2.72 bits per heavy atom. The molecule has 6 nitrogen and oxygen atoms in total. The van der Waals surface area contributed by atoms with Gasteiger partial charge in [-0.05, 0) is 12.1 Å². The molecule has 18 heavy (non-hydrogen) atoms. The first-order valence-corrected chi connectivity index (χ1v) is 5.10. The van der Waals surface area contributed by atoms with Crippen LogP contribution in [0.4, 0.5) is 0 Å². The second-order valence-corrected chi connectivity index (χ2v) is 3.45. The Morgan fingerprint density at radius 1 is 1.33 bits per heavy atom. The molecule has 1 aromatic carbocycles. The minimum atomic E-state index is -1.36. The molecule has 0 bridgehead atoms. The van der Waals surface area contributed by atoms with Crippen molar-refractivity contribution in [2.45, 2.75) is 0 Å². The van der Waals surface area contributed by atoms with Gasteiger partial charge in [-0.1, -0.05) is 12.1 Å². The molecule has 0 aliphatic heterocycles. The molecule has 0 aliphatic rings. The summed E-state index contributed by atoms with van der Waals surface area (Å²) in [4.78, 5) is 22.2. The SMILES string of the molecule is COc1ccccc1-n1ccc(=O)c(C(=O)O)n1. The van der Waals surface area contributed by atoms with Crippen LogP contribution in [0.15, 0.2) is 41.3 Å². The van der Waals surface area contributed by atoms with Crippen LogP contribution >= 0.6 is 0 Å². The molecule has 1 heterocycles. The predicted molar refractivity (Wildman–Crippen MR) is 63.3 cm³/mol. The van der Waals surface area contributed by atoms with Gasteiger partial charge in [-0.25, -0.2) is 9.48 Å². The van der Waals surface area contributed by atoms with Crippen LogP contribution in [0.5, 0.6) is 5.75 Å². The van der Waals surface area contributed by atoms with E-state index in [0.29, 0.717) is 11.4 Å². The monoisotopic (exact) mass is 246 g/mol. The largest absolute Gasteiger partial charge is 0.494 e. The number of rotatable bonds is 3. The molecule has 0 saturated carbocycles. The number of benzene rings is 1. The summed E-state index contributed by atoms with van der Waals surface area (Å²) in [5.74, 6) is -0.825. The van der Waals surface area contributed by atoms with Crippen molar-refractivity contribution in [3.8, 4) is 11.4 Å². The summed E-state index contributed by atoms with van der Waals surface area (Å²) in [6, 6.07) is 8.13. The van der Waals surface area contributed by atoms with Gasteiger partial charge in [0.25, 0.3) is 0 Å². The average molecular weight is 246 g/mol. The predicted octanol–water partition coefficient (Wildman–Crippen LogP) is 0.939. The number of carboxylic acid groups (broad SMARTS) is 1. The first-order valence-electron chi connectivity index (χ1n) is 5.10. The van der Waals surface area contributed by atoms with Gasteiger partial charge in [0, 0.05) is 12.3 Å². The summed E-state index contributed by atoms with van der Waals surface area (Å²) in [5, 5.41) is 12.6. The van der Waals surface area contributed by atoms with Crippen LogP contribution in [0.3, 0.4) is 0 Å². The Balaban J connectivity index is 2.61. The molecule has 0 saturated heterocycles. The summed E-state index contributed by atoms with van der Waals surface area (Å²) in [6.07, 6.45) is 1.40. The van der Waals surface area contributed by atoms with Crippen LogP contribution in [0.25, 0.3) is 5.69 Å². The van der Waals surface area contributed by atoms with E-state index < -0.39 is 17.1 Å². The number of aromatic carboxylic acids is 1. The second kappa shape index (κ2) is 4.70. The molecule has 0 aliphatic carbocycles. The molecular weight excluding hydrogens is 236 g/mol. The van der Waals surface area contributed by atoms with Crippen molar-refractivity contribution in [2.75, 3.05) is 7.11 Å². The maximum Gasteiger partial charge on any atom is 0.360 e. The van der Waals surface area contributed by atoms with Crippen LogP contribution < -0.4 is 10.2 Å². The minimum Gasteiger partial charge on any atom is -0.494 e. The summed E-state index contributed by atoms with van der Waals surface area (Å²) >= 11 is 0. The smallest absolute Gasteiger partial charge is 0.360 e. The van der Waals surface area contributed by atoms with E-state index in [2.05, 4.69) is 5.10 Å². The van der Waals surface area contributed by atoms with E-state index in [9.17, 15) is 9.59 Å². The fourth-order valence-corrected chi connectivity index (χ4v) is 1.51. The van der Waals surface area contributed by atoms with Crippen molar-refractivity contribution < 1.29 is 14.6 Å². The number of methoxy groups -OCH3 is 1. The van der Waals surface area contributed by atoms with Gasteiger partial charge in [-0.3, -0.25) is 4.79 Å². The lowest BCUT2D eigenvalue weighted by Crippen LogP contribution is -2.20. The van der Waals surface area contributed by atoms with Crippen LogP contribution in [0.1, 0.15) is 10.5 Å². The van der Waals surface area contributed by atoms with Crippen molar-refractivity contribution in [3.05, 3.63) is 52.4 Å². The summed E-state index contributed by atoms with van der Waals surface area (Å²) in [6.45, 7) is 0. The standard InChI is InChI=1S/C12H10N2O4/c1-18-10-5-3-2-4-8(10)14-7-6-9(15)11(13-14)12(16)17/h2-7H,1H3,(H,16,17). The molecule has 0 atom stereocenters. The molecule has 2 aromatic rings. The molecule has 6 heteroatoms. The zero-order chi connectivity index (χ0) is 13.1. The van der Waals surface area contributed by atoms with Gasteiger partial charge < -0.3 is 9.84 Å². The van der Waals surface area contributed by atoms with Crippen molar-refractivity contribution in [1.29, 1.82) is 0 Å². The first kappa shape index (κ1) is 11.8. The Labute approximate surface area is 102 Å². The maximum absolute atomic E-state index is 11.3. The summed E-state index contributed by atoms with van der Waals surface area (Å²) < 4.78 is 6.44. The molecule has 92 valence electrons. The molecule has 1 N–H and O–H groups in total. The van der Waals surface area contributed by atoms with Crippen LogP contribution in [-0.4, -0.2) is 28.0 Å². The molecule has 0 spiro atoms. The van der Waals surface area contributed by atoms with E-state index in [-0.39, 0.29) is 0 Å². The van der Waals surface area contributed by atoms with Gasteiger partial charge in [0.2, 0.25) is 11.1 Å². The zero-order valence-electron chi connectivity index (χ0n) is 9.53. The lowest BCUT2D eigenvalue weighted by Gasteiger charge is -2.10. The van der Waals surface area contributed by atoms with Gasteiger partial charge in [0.05, 0.1) is 7.11 Å². The van der Waals surface area contributed by atoms with Gasteiger partial charge in [-0.2, -0.15) is 5.10 Å². The number of hydrogen-bond donors (Lipinski definition) is 1. The number of ether oxygens (including phenoxy) is 1. The Kier molecular flexibility index (Phi) is 3.09. The fourth-order valence-electron chi connectivity index (χ4n) is 1.51. The average Bonchev–Trinajstić information content (AvgIpc) is 2.39. The lowest BCUT2D eigenvalue weighted by atomic mass is 10.3. The van der Waals surface area contributed by atoms with Crippen molar-refractivity contribution in [2.24, 2.45) is 0 Å². The first-order chi connectivity index (χ1) is 8.63. The second-order valence-electron chi connectivity index (χ2n) is 3.45. The summed E-state index contributed by atoms with van der Waals surface area (Å²) in [7, 11) is 1.50. The Hall–Kier alpha value is -2.63. The fraction of sp³-hybridized carbons (Fsp3) is 0.0833. The molecular formula is C12H10N2O4. The third-order valence-corrected chi connectivity index (χ3v) is 2.34. The van der Waals surface area contributed by atoms with Gasteiger partial charge in [-0.15, -0.1) is 0 Å². The molecule has 1 aromatic heterocycles. The molecule has 0 fully saturated rings. The third kappa shape index (κ3) is 2.08. The van der Waals surface area contributed by atoms with E-state index in [1.54, 1.807) is 24.3 Å². The Morgan fingerprint density at radius 2 is 2.06 bits per heavy atom. The van der Waals surface area contributed by atoms with Crippen LogP contribution in [0.2, 0.25) is 0 Å².